The number of amides is 1. The zero-order valence-corrected chi connectivity index (χ0v) is 13.7. The van der Waals surface area contributed by atoms with Gasteiger partial charge in [0.2, 0.25) is 0 Å². The van der Waals surface area contributed by atoms with Crippen LogP contribution >= 0.6 is 0 Å². The number of para-hydroxylation sites is 3. The summed E-state index contributed by atoms with van der Waals surface area (Å²) in [6, 6.07) is 12.4. The van der Waals surface area contributed by atoms with E-state index in [0.29, 0.717) is 11.3 Å². The lowest BCUT2D eigenvalue weighted by atomic mass is 10.2. The highest BCUT2D eigenvalue weighted by Crippen LogP contribution is 2.25. The fourth-order valence-corrected chi connectivity index (χ4v) is 1.91. The van der Waals surface area contributed by atoms with Gasteiger partial charge in [-0.1, -0.05) is 24.3 Å². The maximum Gasteiger partial charge on any atom is 0.310 e. The minimum absolute atomic E-state index is 0.0168. The van der Waals surface area contributed by atoms with Crippen LogP contribution in [-0.2, 0) is 9.59 Å². The number of carbonyl (C=O) groups is 2. The molecule has 0 atom stereocenters. The van der Waals surface area contributed by atoms with Gasteiger partial charge in [0.25, 0.3) is 5.91 Å². The first-order chi connectivity index (χ1) is 12.5. The minimum Gasteiger partial charge on any atom is -0.477 e. The summed E-state index contributed by atoms with van der Waals surface area (Å²) in [4.78, 5) is 33.1. The van der Waals surface area contributed by atoms with Crippen molar-refractivity contribution < 1.29 is 24.0 Å². The van der Waals surface area contributed by atoms with Crippen molar-refractivity contribution >= 4 is 23.8 Å². The monoisotopic (exact) mass is 357 g/mol. The zero-order valence-electron chi connectivity index (χ0n) is 13.7. The Morgan fingerprint density at radius 3 is 2.50 bits per heavy atom. The summed E-state index contributed by atoms with van der Waals surface area (Å²) in [6.07, 6.45) is 1.31. The van der Waals surface area contributed by atoms with E-state index in [2.05, 4.69) is 10.5 Å². The van der Waals surface area contributed by atoms with Crippen molar-refractivity contribution in [1.82, 2.24) is 5.43 Å². The molecule has 0 aliphatic carbocycles. The lowest BCUT2D eigenvalue weighted by Crippen LogP contribution is -2.24. The van der Waals surface area contributed by atoms with Gasteiger partial charge in [-0.2, -0.15) is 5.10 Å². The summed E-state index contributed by atoms with van der Waals surface area (Å²) < 4.78 is 10.2. The van der Waals surface area contributed by atoms with Gasteiger partial charge >= 0.3 is 11.7 Å². The number of nitrogens with zero attached hydrogens (tertiary/aromatic N) is 2. The van der Waals surface area contributed by atoms with Crippen LogP contribution in [0.1, 0.15) is 12.5 Å². The van der Waals surface area contributed by atoms with Crippen LogP contribution in [0.3, 0.4) is 0 Å². The van der Waals surface area contributed by atoms with Crippen LogP contribution < -0.4 is 14.9 Å². The zero-order chi connectivity index (χ0) is 18.9. The van der Waals surface area contributed by atoms with Crippen molar-refractivity contribution in [3.63, 3.8) is 0 Å². The van der Waals surface area contributed by atoms with E-state index in [-0.39, 0.29) is 11.4 Å². The van der Waals surface area contributed by atoms with E-state index in [0.717, 1.165) is 0 Å². The second-order valence-corrected chi connectivity index (χ2v) is 4.94. The second-order valence-electron chi connectivity index (χ2n) is 4.94. The van der Waals surface area contributed by atoms with E-state index in [1.807, 2.05) is 0 Å². The van der Waals surface area contributed by atoms with Crippen LogP contribution in [-0.4, -0.2) is 29.6 Å². The van der Waals surface area contributed by atoms with Crippen molar-refractivity contribution in [3.8, 4) is 11.5 Å². The molecular weight excluding hydrogens is 342 g/mol. The standard InChI is InChI=1S/C17H15N3O6/c1-12(21)26-15-8-4-2-6-13(15)10-18-19-17(22)11-25-16-9-5-3-7-14(16)20(23)24/h2-10H,11H2,1H3,(H,19,22). The molecule has 0 aromatic heterocycles. The molecule has 0 heterocycles. The molecule has 134 valence electrons. The molecule has 1 N–H and O–H groups in total. The predicted octanol–water partition coefficient (Wildman–Crippen LogP) is 2.05. The molecule has 0 aliphatic rings. The van der Waals surface area contributed by atoms with Crippen LogP contribution in [0.25, 0.3) is 0 Å². The summed E-state index contributed by atoms with van der Waals surface area (Å²) >= 11 is 0. The smallest absolute Gasteiger partial charge is 0.310 e. The largest absolute Gasteiger partial charge is 0.477 e. The molecule has 0 bridgehead atoms. The third-order valence-electron chi connectivity index (χ3n) is 2.99. The van der Waals surface area contributed by atoms with Gasteiger partial charge in [0, 0.05) is 18.6 Å². The van der Waals surface area contributed by atoms with E-state index < -0.39 is 23.4 Å². The number of ether oxygens (including phenoxy) is 2. The molecule has 0 radical (unpaired) electrons. The van der Waals surface area contributed by atoms with Gasteiger partial charge in [0.15, 0.2) is 12.4 Å². The maximum atomic E-state index is 11.7. The van der Waals surface area contributed by atoms with E-state index in [1.54, 1.807) is 30.3 Å². The second kappa shape index (κ2) is 8.92. The molecule has 0 spiro atoms. The van der Waals surface area contributed by atoms with E-state index in [4.69, 9.17) is 9.47 Å². The summed E-state index contributed by atoms with van der Waals surface area (Å²) in [5.41, 5.74) is 2.48. The molecule has 0 aliphatic heterocycles. The molecule has 26 heavy (non-hydrogen) atoms. The normalized spacial score (nSPS) is 10.3. The first-order valence-corrected chi connectivity index (χ1v) is 7.43. The topological polar surface area (TPSA) is 120 Å². The average Bonchev–Trinajstić information content (AvgIpc) is 2.61. The maximum absolute atomic E-state index is 11.7. The van der Waals surface area contributed by atoms with E-state index >= 15 is 0 Å². The summed E-state index contributed by atoms with van der Waals surface area (Å²) in [5, 5.41) is 14.6. The van der Waals surface area contributed by atoms with Gasteiger partial charge in [0.05, 0.1) is 11.1 Å². The molecular formula is C17H15N3O6. The van der Waals surface area contributed by atoms with Crippen molar-refractivity contribution in [2.24, 2.45) is 5.10 Å². The number of hydrogen-bond donors (Lipinski definition) is 1. The number of nitro benzene ring substituents is 1. The minimum atomic E-state index is -0.607. The molecule has 9 heteroatoms. The van der Waals surface area contributed by atoms with Gasteiger partial charge in [0.1, 0.15) is 5.75 Å². The predicted molar refractivity (Wildman–Crippen MR) is 92.1 cm³/mol. The number of benzene rings is 2. The Morgan fingerprint density at radius 2 is 1.81 bits per heavy atom. The summed E-state index contributed by atoms with van der Waals surface area (Å²) in [7, 11) is 0. The number of esters is 1. The van der Waals surface area contributed by atoms with Crippen molar-refractivity contribution in [2.75, 3.05) is 6.61 Å². The first kappa shape index (κ1) is 18.6. The molecule has 2 aromatic rings. The molecule has 0 unspecified atom stereocenters. The van der Waals surface area contributed by atoms with Gasteiger partial charge < -0.3 is 9.47 Å². The molecule has 1 amide bonds. The Kier molecular flexibility index (Phi) is 6.38. The van der Waals surface area contributed by atoms with Crippen LogP contribution in [0.4, 0.5) is 5.69 Å². The Labute approximate surface area is 148 Å². The van der Waals surface area contributed by atoms with Crippen LogP contribution in [0.15, 0.2) is 53.6 Å². The molecule has 0 saturated heterocycles. The Hall–Kier alpha value is -3.75. The van der Waals surface area contributed by atoms with Crippen molar-refractivity contribution in [3.05, 3.63) is 64.2 Å². The third-order valence-corrected chi connectivity index (χ3v) is 2.99. The van der Waals surface area contributed by atoms with Gasteiger partial charge in [-0.15, -0.1) is 0 Å². The van der Waals surface area contributed by atoms with Crippen LogP contribution in [0.5, 0.6) is 11.5 Å². The first-order valence-electron chi connectivity index (χ1n) is 7.43. The fourth-order valence-electron chi connectivity index (χ4n) is 1.91. The quantitative estimate of drug-likeness (QED) is 0.266. The number of hydrogen-bond acceptors (Lipinski definition) is 7. The number of carbonyl (C=O) groups excluding carboxylic acids is 2. The average molecular weight is 357 g/mol. The molecule has 2 rings (SSSR count). The summed E-state index contributed by atoms with van der Waals surface area (Å²) in [6.45, 7) is 0.823. The van der Waals surface area contributed by atoms with Crippen molar-refractivity contribution in [2.45, 2.75) is 6.92 Å². The van der Waals surface area contributed by atoms with Gasteiger partial charge in [-0.25, -0.2) is 5.43 Å². The highest BCUT2D eigenvalue weighted by molar-refractivity contribution is 5.86. The highest BCUT2D eigenvalue weighted by Gasteiger charge is 2.14. The lowest BCUT2D eigenvalue weighted by Gasteiger charge is -2.06. The fraction of sp³-hybridized carbons (Fsp3) is 0.118. The van der Waals surface area contributed by atoms with Crippen LogP contribution in [0.2, 0.25) is 0 Å². The van der Waals surface area contributed by atoms with E-state index in [9.17, 15) is 19.7 Å². The summed E-state index contributed by atoms with van der Waals surface area (Å²) in [5.74, 6) is -0.803. The Bertz CT molecular complexity index is 850. The molecule has 0 saturated carbocycles. The molecule has 2 aromatic carbocycles. The number of nitrogens with one attached hydrogen (secondary N) is 1. The molecule has 0 fully saturated rings. The highest BCUT2D eigenvalue weighted by atomic mass is 16.6. The number of hydrazone groups is 1. The number of rotatable bonds is 7. The lowest BCUT2D eigenvalue weighted by molar-refractivity contribution is -0.385. The SMILES string of the molecule is CC(=O)Oc1ccccc1C=NNC(=O)COc1ccccc1[N+](=O)[O-]. The Morgan fingerprint density at radius 1 is 1.15 bits per heavy atom. The van der Waals surface area contributed by atoms with E-state index in [1.165, 1.54) is 31.3 Å². The van der Waals surface area contributed by atoms with Crippen molar-refractivity contribution in [1.29, 1.82) is 0 Å². The Balaban J connectivity index is 1.93. The van der Waals surface area contributed by atoms with Gasteiger partial charge in [-0.3, -0.25) is 19.7 Å². The number of nitro groups is 1. The van der Waals surface area contributed by atoms with Gasteiger partial charge in [-0.05, 0) is 18.2 Å². The van der Waals surface area contributed by atoms with Crippen LogP contribution in [0, 0.1) is 10.1 Å². The molecule has 9 nitrogen and oxygen atoms in total. The third kappa shape index (κ3) is 5.41.